The first-order chi connectivity index (χ1) is 22.9. The number of hydrogen-bond donors (Lipinski definition) is 0. The molecule has 6 rings (SSSR count). The highest BCUT2D eigenvalue weighted by Crippen LogP contribution is 2.38. The summed E-state index contributed by atoms with van der Waals surface area (Å²) in [7, 11) is 3.13. The highest BCUT2D eigenvalue weighted by Gasteiger charge is 2.36. The maximum absolute atomic E-state index is 14.3. The molecule has 2 heterocycles. The van der Waals surface area contributed by atoms with Crippen LogP contribution in [0.5, 0.6) is 17.2 Å². The molecule has 0 saturated heterocycles. The van der Waals surface area contributed by atoms with Gasteiger partial charge in [0.05, 0.1) is 36.6 Å². The number of nitrogens with zero attached hydrogens (tertiary/aromatic N) is 2. The molecule has 0 spiro atoms. The smallest absolute Gasteiger partial charge is 0.338 e. The zero-order valence-corrected chi connectivity index (χ0v) is 27.6. The molecule has 1 aromatic heterocycles. The maximum Gasteiger partial charge on any atom is 0.338 e. The molecule has 5 aromatic rings. The molecule has 9 heteroatoms. The van der Waals surface area contributed by atoms with Crippen LogP contribution in [0.15, 0.2) is 106 Å². The molecule has 0 aliphatic carbocycles. The van der Waals surface area contributed by atoms with E-state index in [1.165, 1.54) is 11.3 Å². The Morgan fingerprint density at radius 1 is 0.936 bits per heavy atom. The number of methoxy groups -OCH3 is 2. The zero-order chi connectivity index (χ0) is 32.9. The highest BCUT2D eigenvalue weighted by atomic mass is 32.1. The van der Waals surface area contributed by atoms with Crippen LogP contribution in [0.25, 0.3) is 16.8 Å². The summed E-state index contributed by atoms with van der Waals surface area (Å²) in [6.07, 6.45) is 3.13. The van der Waals surface area contributed by atoms with Gasteiger partial charge >= 0.3 is 5.97 Å². The second-order valence-corrected chi connectivity index (χ2v) is 12.0. The Bertz CT molecular complexity index is 2160. The average Bonchev–Trinajstić information content (AvgIpc) is 3.40. The van der Waals surface area contributed by atoms with E-state index in [9.17, 15) is 9.59 Å². The minimum atomic E-state index is -0.825. The summed E-state index contributed by atoms with van der Waals surface area (Å²) in [5.41, 5.74) is 3.15. The molecule has 1 atom stereocenters. The second kappa shape index (κ2) is 14.1. The van der Waals surface area contributed by atoms with Crippen LogP contribution in [-0.4, -0.2) is 31.4 Å². The molecule has 47 heavy (non-hydrogen) atoms. The van der Waals surface area contributed by atoms with E-state index >= 15 is 0 Å². The van der Waals surface area contributed by atoms with Crippen molar-refractivity contribution in [2.75, 3.05) is 20.8 Å². The largest absolute Gasteiger partial charge is 0.497 e. The molecular formula is C38H36N2O6S. The van der Waals surface area contributed by atoms with Gasteiger partial charge in [0.2, 0.25) is 0 Å². The SMILES string of the molecule is CCCC1=C(C(=O)OCC)[C@H](c2cc(OC)ccc2OC)n2c(s/c(=C\c3cccc(OCc4cccc5ccccc45)c3)c2=O)=N1. The summed E-state index contributed by atoms with van der Waals surface area (Å²) in [6, 6.07) is 26.6. The number of carbonyl (C=O) groups is 1. The first kappa shape index (κ1) is 31.8. The lowest BCUT2D eigenvalue weighted by atomic mass is 9.93. The van der Waals surface area contributed by atoms with Gasteiger partial charge in [0.1, 0.15) is 29.9 Å². The molecule has 8 nitrogen and oxygen atoms in total. The van der Waals surface area contributed by atoms with Crippen LogP contribution in [0.2, 0.25) is 0 Å². The summed E-state index contributed by atoms with van der Waals surface area (Å²) in [4.78, 5) is 33.2. The van der Waals surface area contributed by atoms with Gasteiger partial charge in [0, 0.05) is 5.56 Å². The van der Waals surface area contributed by atoms with E-state index in [0.717, 1.165) is 28.3 Å². The van der Waals surface area contributed by atoms with Crippen molar-refractivity contribution in [3.63, 3.8) is 0 Å². The molecule has 0 saturated carbocycles. The molecule has 0 unspecified atom stereocenters. The lowest BCUT2D eigenvalue weighted by molar-refractivity contribution is -0.139. The lowest BCUT2D eigenvalue weighted by Gasteiger charge is -2.27. The molecular weight excluding hydrogens is 612 g/mol. The first-order valence-electron chi connectivity index (χ1n) is 15.6. The Labute approximate surface area is 276 Å². The molecule has 0 fully saturated rings. The van der Waals surface area contributed by atoms with Crippen LogP contribution in [0, 0.1) is 0 Å². The van der Waals surface area contributed by atoms with Crippen molar-refractivity contribution in [1.29, 1.82) is 0 Å². The van der Waals surface area contributed by atoms with Gasteiger partial charge < -0.3 is 18.9 Å². The number of thiazole rings is 1. The summed E-state index contributed by atoms with van der Waals surface area (Å²) < 4.78 is 25.1. The highest BCUT2D eigenvalue weighted by molar-refractivity contribution is 7.07. The third-order valence-electron chi connectivity index (χ3n) is 8.05. The zero-order valence-electron chi connectivity index (χ0n) is 26.8. The number of aromatic nitrogens is 1. The van der Waals surface area contributed by atoms with Crippen LogP contribution in [-0.2, 0) is 16.1 Å². The van der Waals surface area contributed by atoms with Crippen LogP contribution >= 0.6 is 11.3 Å². The van der Waals surface area contributed by atoms with Crippen molar-refractivity contribution in [2.45, 2.75) is 39.3 Å². The third kappa shape index (κ3) is 6.44. The Morgan fingerprint density at radius 2 is 1.74 bits per heavy atom. The van der Waals surface area contributed by atoms with Gasteiger partial charge in [-0.3, -0.25) is 9.36 Å². The normalized spacial score (nSPS) is 14.5. The van der Waals surface area contributed by atoms with E-state index in [0.29, 0.717) is 56.4 Å². The van der Waals surface area contributed by atoms with Crippen LogP contribution in [0.4, 0.5) is 0 Å². The van der Waals surface area contributed by atoms with Gasteiger partial charge in [-0.2, -0.15) is 0 Å². The summed E-state index contributed by atoms with van der Waals surface area (Å²) in [6.45, 7) is 4.38. The van der Waals surface area contributed by atoms with Crippen molar-refractivity contribution >= 4 is 34.2 Å². The molecule has 1 aliphatic rings. The van der Waals surface area contributed by atoms with Gasteiger partial charge in [-0.1, -0.05) is 79.3 Å². The van der Waals surface area contributed by atoms with Crippen molar-refractivity contribution < 1.29 is 23.7 Å². The van der Waals surface area contributed by atoms with Gasteiger partial charge in [0.25, 0.3) is 5.56 Å². The van der Waals surface area contributed by atoms with E-state index in [1.54, 1.807) is 43.9 Å². The number of allylic oxidation sites excluding steroid dienone is 1. The summed E-state index contributed by atoms with van der Waals surface area (Å²) in [5, 5.41) is 2.31. The van der Waals surface area contributed by atoms with E-state index in [4.69, 9.17) is 23.9 Å². The summed E-state index contributed by atoms with van der Waals surface area (Å²) in [5.74, 6) is 1.26. The van der Waals surface area contributed by atoms with Crippen molar-refractivity contribution in [2.24, 2.45) is 4.99 Å². The molecule has 240 valence electrons. The number of fused-ring (bicyclic) bond motifs is 2. The van der Waals surface area contributed by atoms with E-state index < -0.39 is 12.0 Å². The Morgan fingerprint density at radius 3 is 2.53 bits per heavy atom. The predicted molar refractivity (Wildman–Crippen MR) is 184 cm³/mol. The minimum Gasteiger partial charge on any atom is -0.497 e. The quantitative estimate of drug-likeness (QED) is 0.156. The molecule has 0 radical (unpaired) electrons. The van der Waals surface area contributed by atoms with E-state index in [-0.39, 0.29) is 12.2 Å². The minimum absolute atomic E-state index is 0.188. The Hall–Kier alpha value is -5.15. The number of ether oxygens (including phenoxy) is 4. The van der Waals surface area contributed by atoms with Gasteiger partial charge in [-0.05, 0) is 71.7 Å². The van der Waals surface area contributed by atoms with Crippen LogP contribution in [0.1, 0.15) is 49.4 Å². The number of carbonyl (C=O) groups excluding carboxylic acids is 1. The fourth-order valence-electron chi connectivity index (χ4n) is 5.89. The van der Waals surface area contributed by atoms with Gasteiger partial charge in [-0.25, -0.2) is 9.79 Å². The maximum atomic E-state index is 14.3. The molecule has 4 aromatic carbocycles. The topological polar surface area (TPSA) is 88.4 Å². The Kier molecular flexibility index (Phi) is 9.54. The van der Waals surface area contributed by atoms with Gasteiger partial charge in [0.15, 0.2) is 4.80 Å². The first-order valence-corrected chi connectivity index (χ1v) is 16.4. The summed E-state index contributed by atoms with van der Waals surface area (Å²) >= 11 is 1.28. The van der Waals surface area contributed by atoms with E-state index in [2.05, 4.69) is 24.3 Å². The number of benzene rings is 4. The standard InChI is InChI=1S/C38H36N2O6S/c1-5-11-31-34(37(42)45-6-2)35(30-22-27(43-3)18-19-32(30)44-4)40-36(41)33(47-38(40)39-31)21-24-12-9-16-28(20-24)46-23-26-15-10-14-25-13-7-8-17-29(25)26/h7-10,12-22,35H,5-6,11,23H2,1-4H3/b33-21-/t35-/m0/s1. The molecule has 0 bridgehead atoms. The average molecular weight is 649 g/mol. The third-order valence-corrected chi connectivity index (χ3v) is 9.04. The number of hydrogen-bond acceptors (Lipinski definition) is 8. The fraction of sp³-hybridized carbons (Fsp3) is 0.237. The van der Waals surface area contributed by atoms with Crippen molar-refractivity contribution in [3.05, 3.63) is 133 Å². The van der Waals surface area contributed by atoms with Crippen LogP contribution in [0.3, 0.4) is 0 Å². The fourth-order valence-corrected chi connectivity index (χ4v) is 6.91. The molecule has 0 amide bonds. The molecule has 0 N–H and O–H groups in total. The van der Waals surface area contributed by atoms with Crippen LogP contribution < -0.4 is 29.1 Å². The van der Waals surface area contributed by atoms with Crippen molar-refractivity contribution in [3.8, 4) is 17.2 Å². The predicted octanol–water partition coefficient (Wildman–Crippen LogP) is 6.33. The van der Waals surface area contributed by atoms with Crippen molar-refractivity contribution in [1.82, 2.24) is 4.57 Å². The second-order valence-electron chi connectivity index (χ2n) is 11.0. The number of rotatable bonds is 11. The molecule has 1 aliphatic heterocycles. The number of esters is 1. The lowest BCUT2D eigenvalue weighted by Crippen LogP contribution is -2.40. The van der Waals surface area contributed by atoms with Gasteiger partial charge in [-0.15, -0.1) is 0 Å². The monoisotopic (exact) mass is 648 g/mol. The van der Waals surface area contributed by atoms with E-state index in [1.807, 2.05) is 55.5 Å². The Balaban J connectivity index is 1.43.